The Labute approximate surface area is 112 Å². The molecule has 1 aromatic heterocycles. The van der Waals surface area contributed by atoms with Crippen LogP contribution in [-0.2, 0) is 6.42 Å². The molecule has 0 saturated carbocycles. The maximum Gasteiger partial charge on any atom is 0.224 e. The topological polar surface area (TPSA) is 61.0 Å². The summed E-state index contributed by atoms with van der Waals surface area (Å²) in [7, 11) is 0. The van der Waals surface area contributed by atoms with Crippen LogP contribution in [0.25, 0.3) is 0 Å². The maximum atomic E-state index is 13.6. The summed E-state index contributed by atoms with van der Waals surface area (Å²) in [5, 5.41) is 0. The highest BCUT2D eigenvalue weighted by Gasteiger charge is 2.08. The first kappa shape index (κ1) is 12.8. The molecule has 6 heteroatoms. The van der Waals surface area contributed by atoms with Crippen LogP contribution in [0, 0.1) is 5.82 Å². The quantitative estimate of drug-likeness (QED) is 0.944. The van der Waals surface area contributed by atoms with Crippen molar-refractivity contribution in [2.75, 3.05) is 5.73 Å². The zero-order valence-corrected chi connectivity index (χ0v) is 11.2. The fourth-order valence-corrected chi connectivity index (χ4v) is 1.71. The van der Waals surface area contributed by atoms with Gasteiger partial charge in [-0.1, -0.05) is 22.9 Å². The Hall–Kier alpha value is -1.69. The Bertz CT molecular complexity index is 577. The monoisotopic (exact) mass is 311 g/mol. The maximum absolute atomic E-state index is 13.6. The Morgan fingerprint density at radius 3 is 2.78 bits per heavy atom. The molecule has 94 valence electrons. The lowest BCUT2D eigenvalue weighted by Gasteiger charge is -2.07. The highest BCUT2D eigenvalue weighted by Crippen LogP contribution is 2.26. The first-order valence-electron chi connectivity index (χ1n) is 5.35. The minimum Gasteiger partial charge on any atom is -0.436 e. The van der Waals surface area contributed by atoms with Gasteiger partial charge in [0.25, 0.3) is 0 Å². The number of nitrogen functional groups attached to an aromatic ring is 1. The van der Waals surface area contributed by atoms with E-state index in [1.165, 1.54) is 18.2 Å². The summed E-state index contributed by atoms with van der Waals surface area (Å²) in [6.07, 6.45) is 0.629. The standard InChI is InChI=1S/C12H11BrFN3O/c1-2-11-16-10(15)6-12(17-11)18-9-4-3-7(13)5-8(9)14/h3-6H,2H2,1H3,(H2,15,16,17). The molecule has 2 rings (SSSR count). The highest BCUT2D eigenvalue weighted by molar-refractivity contribution is 9.10. The van der Waals surface area contributed by atoms with Crippen molar-refractivity contribution in [3.63, 3.8) is 0 Å². The molecule has 2 aromatic rings. The van der Waals surface area contributed by atoms with Gasteiger partial charge in [0.15, 0.2) is 11.6 Å². The van der Waals surface area contributed by atoms with Crippen molar-refractivity contribution in [2.45, 2.75) is 13.3 Å². The fourth-order valence-electron chi connectivity index (χ4n) is 1.37. The van der Waals surface area contributed by atoms with E-state index in [9.17, 15) is 4.39 Å². The molecule has 4 nitrogen and oxygen atoms in total. The first-order chi connectivity index (χ1) is 8.58. The Morgan fingerprint density at radius 1 is 1.33 bits per heavy atom. The third-order valence-corrected chi connectivity index (χ3v) is 2.69. The van der Waals surface area contributed by atoms with Crippen LogP contribution < -0.4 is 10.5 Å². The Balaban J connectivity index is 2.30. The van der Waals surface area contributed by atoms with Gasteiger partial charge < -0.3 is 10.5 Å². The van der Waals surface area contributed by atoms with Crippen LogP contribution in [0.4, 0.5) is 10.2 Å². The molecule has 0 unspecified atom stereocenters. The normalized spacial score (nSPS) is 10.4. The lowest BCUT2D eigenvalue weighted by Crippen LogP contribution is -2.01. The average Bonchev–Trinajstić information content (AvgIpc) is 2.32. The summed E-state index contributed by atoms with van der Waals surface area (Å²) < 4.78 is 19.6. The second-order valence-electron chi connectivity index (χ2n) is 3.58. The van der Waals surface area contributed by atoms with E-state index >= 15 is 0 Å². The summed E-state index contributed by atoms with van der Waals surface area (Å²) in [5.41, 5.74) is 5.62. The van der Waals surface area contributed by atoms with Crippen LogP contribution in [0.3, 0.4) is 0 Å². The Morgan fingerprint density at radius 2 is 2.11 bits per heavy atom. The molecular weight excluding hydrogens is 301 g/mol. The van der Waals surface area contributed by atoms with Gasteiger partial charge in [0.1, 0.15) is 11.6 Å². The number of halogens is 2. The molecule has 0 spiro atoms. The SMILES string of the molecule is CCc1nc(N)cc(Oc2ccc(Br)cc2F)n1. The molecule has 0 saturated heterocycles. The van der Waals surface area contributed by atoms with E-state index in [4.69, 9.17) is 10.5 Å². The second-order valence-corrected chi connectivity index (χ2v) is 4.49. The number of anilines is 1. The van der Waals surface area contributed by atoms with Crippen LogP contribution in [0.5, 0.6) is 11.6 Å². The van der Waals surface area contributed by atoms with Crippen molar-refractivity contribution in [1.29, 1.82) is 0 Å². The smallest absolute Gasteiger partial charge is 0.224 e. The van der Waals surface area contributed by atoms with E-state index < -0.39 is 5.82 Å². The van der Waals surface area contributed by atoms with Gasteiger partial charge in [-0.15, -0.1) is 0 Å². The number of ether oxygens (including phenoxy) is 1. The van der Waals surface area contributed by atoms with Crippen molar-refractivity contribution in [3.05, 3.63) is 40.4 Å². The van der Waals surface area contributed by atoms with Crippen LogP contribution >= 0.6 is 15.9 Å². The van der Waals surface area contributed by atoms with E-state index in [0.717, 1.165) is 0 Å². The Kier molecular flexibility index (Phi) is 3.76. The van der Waals surface area contributed by atoms with Gasteiger partial charge in [0.2, 0.25) is 5.88 Å². The van der Waals surface area contributed by atoms with Crippen molar-refractivity contribution < 1.29 is 9.13 Å². The van der Waals surface area contributed by atoms with E-state index in [-0.39, 0.29) is 11.6 Å². The zero-order chi connectivity index (χ0) is 13.1. The van der Waals surface area contributed by atoms with Gasteiger partial charge in [0.05, 0.1) is 0 Å². The lowest BCUT2D eigenvalue weighted by atomic mass is 10.3. The number of nitrogens with zero attached hydrogens (tertiary/aromatic N) is 2. The van der Waals surface area contributed by atoms with Gasteiger partial charge in [-0.05, 0) is 18.2 Å². The largest absolute Gasteiger partial charge is 0.436 e. The minimum absolute atomic E-state index is 0.0957. The van der Waals surface area contributed by atoms with Crippen LogP contribution in [0.15, 0.2) is 28.7 Å². The predicted molar refractivity (Wildman–Crippen MR) is 70.0 cm³/mol. The number of benzene rings is 1. The molecule has 2 N–H and O–H groups in total. The van der Waals surface area contributed by atoms with Crippen molar-refractivity contribution in [2.24, 2.45) is 0 Å². The molecule has 0 fully saturated rings. The number of rotatable bonds is 3. The number of hydrogen-bond donors (Lipinski definition) is 1. The van der Waals surface area contributed by atoms with E-state index in [2.05, 4.69) is 25.9 Å². The van der Waals surface area contributed by atoms with E-state index in [0.29, 0.717) is 22.5 Å². The minimum atomic E-state index is -0.473. The van der Waals surface area contributed by atoms with Gasteiger partial charge in [-0.3, -0.25) is 0 Å². The molecule has 0 amide bonds. The third-order valence-electron chi connectivity index (χ3n) is 2.19. The van der Waals surface area contributed by atoms with E-state index in [1.807, 2.05) is 6.92 Å². The molecule has 0 aliphatic heterocycles. The van der Waals surface area contributed by atoms with Gasteiger partial charge >= 0.3 is 0 Å². The lowest BCUT2D eigenvalue weighted by molar-refractivity contribution is 0.425. The van der Waals surface area contributed by atoms with Crippen molar-refractivity contribution >= 4 is 21.7 Å². The molecule has 0 atom stereocenters. The van der Waals surface area contributed by atoms with Gasteiger partial charge in [-0.2, -0.15) is 4.98 Å². The van der Waals surface area contributed by atoms with Gasteiger partial charge in [-0.25, -0.2) is 9.37 Å². The molecule has 0 radical (unpaired) electrons. The molecule has 1 aromatic carbocycles. The second kappa shape index (κ2) is 5.30. The molecule has 18 heavy (non-hydrogen) atoms. The average molecular weight is 312 g/mol. The van der Waals surface area contributed by atoms with Gasteiger partial charge in [0, 0.05) is 17.0 Å². The molecule has 1 heterocycles. The van der Waals surface area contributed by atoms with Crippen LogP contribution in [0.1, 0.15) is 12.7 Å². The third kappa shape index (κ3) is 2.95. The zero-order valence-electron chi connectivity index (χ0n) is 9.65. The summed E-state index contributed by atoms with van der Waals surface area (Å²) >= 11 is 3.17. The molecule has 0 bridgehead atoms. The van der Waals surface area contributed by atoms with Crippen molar-refractivity contribution in [3.8, 4) is 11.6 Å². The van der Waals surface area contributed by atoms with E-state index in [1.54, 1.807) is 6.07 Å². The highest BCUT2D eigenvalue weighted by atomic mass is 79.9. The molecular formula is C12H11BrFN3O. The summed E-state index contributed by atoms with van der Waals surface area (Å²) in [5.74, 6) is 0.718. The number of aromatic nitrogens is 2. The van der Waals surface area contributed by atoms with Crippen molar-refractivity contribution in [1.82, 2.24) is 9.97 Å². The molecule has 0 aliphatic carbocycles. The van der Waals surface area contributed by atoms with Crippen LogP contribution in [-0.4, -0.2) is 9.97 Å². The number of nitrogens with two attached hydrogens (primary N) is 1. The first-order valence-corrected chi connectivity index (χ1v) is 6.14. The summed E-state index contributed by atoms with van der Waals surface area (Å²) in [6.45, 7) is 1.90. The van der Waals surface area contributed by atoms with Crippen LogP contribution in [0.2, 0.25) is 0 Å². The predicted octanol–water partition coefficient (Wildman–Crippen LogP) is 3.32. The summed E-state index contributed by atoms with van der Waals surface area (Å²) in [6, 6.07) is 5.98. The molecule has 0 aliphatic rings. The number of hydrogen-bond acceptors (Lipinski definition) is 4. The summed E-state index contributed by atoms with van der Waals surface area (Å²) in [4.78, 5) is 8.14. The number of aryl methyl sites for hydroxylation is 1. The fraction of sp³-hybridized carbons (Fsp3) is 0.167.